The Bertz CT molecular complexity index is 518. The molecule has 1 heterocycles. The SMILES string of the molecule is Cn1cc(C(N)=NCC(C)(C)O)cn1.O=C(O)CC(F)(F)F. The Morgan fingerprint density at radius 1 is 1.45 bits per heavy atom. The molecule has 0 amide bonds. The summed E-state index contributed by atoms with van der Waals surface area (Å²) in [5.41, 5.74) is 5.65. The molecule has 22 heavy (non-hydrogen) atoms. The number of carboxylic acids is 1. The number of hydrogen-bond acceptors (Lipinski definition) is 4. The van der Waals surface area contributed by atoms with Gasteiger partial charge in [-0.3, -0.25) is 14.5 Å². The predicted molar refractivity (Wildman–Crippen MR) is 73.4 cm³/mol. The summed E-state index contributed by atoms with van der Waals surface area (Å²) in [5, 5.41) is 20.9. The number of nitrogens with zero attached hydrogens (tertiary/aromatic N) is 3. The number of aliphatic hydroxyl groups is 1. The van der Waals surface area contributed by atoms with E-state index in [0.717, 1.165) is 5.56 Å². The zero-order chi connectivity index (χ0) is 17.6. The van der Waals surface area contributed by atoms with Crippen LogP contribution < -0.4 is 5.73 Å². The maximum atomic E-state index is 10.9. The quantitative estimate of drug-likeness (QED) is 0.563. The Labute approximate surface area is 125 Å². The zero-order valence-corrected chi connectivity index (χ0v) is 12.4. The Hall–Kier alpha value is -2.10. The van der Waals surface area contributed by atoms with Gasteiger partial charge in [0.2, 0.25) is 0 Å². The van der Waals surface area contributed by atoms with Crippen LogP contribution in [0.2, 0.25) is 0 Å². The molecule has 10 heteroatoms. The van der Waals surface area contributed by atoms with Crippen LogP contribution in [-0.4, -0.2) is 50.1 Å². The average Bonchev–Trinajstić information content (AvgIpc) is 2.69. The number of alkyl halides is 3. The Kier molecular flexibility index (Phi) is 7.04. The minimum atomic E-state index is -4.58. The van der Waals surface area contributed by atoms with E-state index in [4.69, 9.17) is 10.8 Å². The molecule has 0 aliphatic rings. The number of halogens is 3. The molecule has 126 valence electrons. The van der Waals surface area contributed by atoms with Crippen LogP contribution in [0.3, 0.4) is 0 Å². The van der Waals surface area contributed by atoms with Gasteiger partial charge < -0.3 is 15.9 Å². The molecule has 1 aromatic rings. The molecule has 4 N–H and O–H groups in total. The highest BCUT2D eigenvalue weighted by molar-refractivity contribution is 5.97. The zero-order valence-electron chi connectivity index (χ0n) is 12.4. The second-order valence-corrected chi connectivity index (χ2v) is 5.10. The number of nitrogens with two attached hydrogens (primary N) is 1. The van der Waals surface area contributed by atoms with Gasteiger partial charge in [0.1, 0.15) is 12.3 Å². The van der Waals surface area contributed by atoms with Crippen molar-refractivity contribution in [3.8, 4) is 0 Å². The van der Waals surface area contributed by atoms with E-state index in [2.05, 4.69) is 10.1 Å². The first-order chi connectivity index (χ1) is 9.80. The van der Waals surface area contributed by atoms with Gasteiger partial charge in [0.25, 0.3) is 0 Å². The number of hydrogen-bond donors (Lipinski definition) is 3. The Morgan fingerprint density at radius 2 is 2.00 bits per heavy atom. The summed E-state index contributed by atoms with van der Waals surface area (Å²) in [6.45, 7) is 3.66. The largest absolute Gasteiger partial charge is 0.481 e. The van der Waals surface area contributed by atoms with Crippen molar-refractivity contribution < 1.29 is 28.2 Å². The van der Waals surface area contributed by atoms with Gasteiger partial charge in [-0.05, 0) is 13.8 Å². The van der Waals surface area contributed by atoms with Gasteiger partial charge in [-0.2, -0.15) is 18.3 Å². The molecule has 1 rings (SSSR count). The summed E-state index contributed by atoms with van der Waals surface area (Å²) >= 11 is 0. The second-order valence-electron chi connectivity index (χ2n) is 5.10. The Balaban J connectivity index is 0.000000472. The maximum Gasteiger partial charge on any atom is 0.399 e. The summed E-state index contributed by atoms with van der Waals surface area (Å²) in [7, 11) is 1.81. The first kappa shape index (κ1) is 19.9. The highest BCUT2D eigenvalue weighted by atomic mass is 19.4. The predicted octanol–water partition coefficient (Wildman–Crippen LogP) is 0.920. The smallest absolute Gasteiger partial charge is 0.399 e. The van der Waals surface area contributed by atoms with Crippen LogP contribution in [0.15, 0.2) is 17.4 Å². The van der Waals surface area contributed by atoms with E-state index < -0.39 is 24.2 Å². The lowest BCUT2D eigenvalue weighted by Crippen LogP contribution is -2.25. The minimum absolute atomic E-state index is 0.285. The third-order valence-electron chi connectivity index (χ3n) is 1.99. The fraction of sp³-hybridized carbons (Fsp3) is 0.583. The van der Waals surface area contributed by atoms with Crippen LogP contribution in [0.25, 0.3) is 0 Å². The molecule has 0 unspecified atom stereocenters. The third kappa shape index (κ3) is 10.7. The summed E-state index contributed by atoms with van der Waals surface area (Å²) in [6, 6.07) is 0. The summed E-state index contributed by atoms with van der Waals surface area (Å²) in [6.07, 6.45) is -2.91. The molecular formula is C12H19F3N4O3. The van der Waals surface area contributed by atoms with Crippen LogP contribution >= 0.6 is 0 Å². The summed E-state index contributed by atoms with van der Waals surface area (Å²) in [4.78, 5) is 13.4. The third-order valence-corrected chi connectivity index (χ3v) is 1.99. The van der Waals surface area contributed by atoms with Crippen LogP contribution in [0.1, 0.15) is 25.8 Å². The van der Waals surface area contributed by atoms with Crippen LogP contribution in [0.5, 0.6) is 0 Å². The van der Waals surface area contributed by atoms with Crippen molar-refractivity contribution in [3.05, 3.63) is 18.0 Å². The topological polar surface area (TPSA) is 114 Å². The molecule has 0 saturated carbocycles. The summed E-state index contributed by atoms with van der Waals surface area (Å²) in [5.74, 6) is -1.45. The van der Waals surface area contributed by atoms with Gasteiger partial charge in [-0.1, -0.05) is 0 Å². The van der Waals surface area contributed by atoms with Gasteiger partial charge in [0, 0.05) is 13.2 Å². The fourth-order valence-electron chi connectivity index (χ4n) is 1.09. The molecule has 0 saturated heterocycles. The van der Waals surface area contributed by atoms with E-state index in [1.54, 1.807) is 30.9 Å². The van der Waals surface area contributed by atoms with Crippen molar-refractivity contribution in [2.75, 3.05) is 6.54 Å². The van der Waals surface area contributed by atoms with E-state index >= 15 is 0 Å². The standard InChI is InChI=1S/C9H16N4O.C3H3F3O2/c1-9(2,14)6-11-8(10)7-4-12-13(3)5-7;4-3(5,6)1-2(7)8/h4-5,14H,6H2,1-3H3,(H2,10,11);1H2,(H,7,8). The first-order valence-corrected chi connectivity index (χ1v) is 6.10. The Morgan fingerprint density at radius 3 is 2.27 bits per heavy atom. The number of aliphatic imine (C=N–C) groups is 1. The van der Waals surface area contributed by atoms with E-state index in [1.165, 1.54) is 0 Å². The van der Waals surface area contributed by atoms with Gasteiger partial charge in [-0.25, -0.2) is 0 Å². The highest BCUT2D eigenvalue weighted by Crippen LogP contribution is 2.18. The van der Waals surface area contributed by atoms with Gasteiger partial charge in [0.05, 0.1) is 23.9 Å². The van der Waals surface area contributed by atoms with Crippen molar-refractivity contribution in [3.63, 3.8) is 0 Å². The van der Waals surface area contributed by atoms with Crippen LogP contribution in [0, 0.1) is 0 Å². The van der Waals surface area contributed by atoms with Crippen LogP contribution in [-0.2, 0) is 11.8 Å². The van der Waals surface area contributed by atoms with Gasteiger partial charge in [0.15, 0.2) is 0 Å². The molecule has 1 aromatic heterocycles. The molecule has 0 aliphatic heterocycles. The molecule has 7 nitrogen and oxygen atoms in total. The van der Waals surface area contributed by atoms with Gasteiger partial charge in [-0.15, -0.1) is 0 Å². The molecule has 0 atom stereocenters. The average molecular weight is 324 g/mol. The fourth-order valence-corrected chi connectivity index (χ4v) is 1.09. The highest BCUT2D eigenvalue weighted by Gasteiger charge is 2.30. The number of rotatable bonds is 4. The number of amidine groups is 1. The molecule has 0 radical (unpaired) electrons. The first-order valence-electron chi connectivity index (χ1n) is 6.10. The lowest BCUT2D eigenvalue weighted by atomic mass is 10.1. The van der Waals surface area contributed by atoms with E-state index in [-0.39, 0.29) is 6.54 Å². The molecule has 0 spiro atoms. The van der Waals surface area contributed by atoms with E-state index in [9.17, 15) is 23.1 Å². The number of carboxylic acid groups (broad SMARTS) is 1. The van der Waals surface area contributed by atoms with Crippen molar-refractivity contribution in [1.82, 2.24) is 9.78 Å². The number of carbonyl (C=O) groups is 1. The van der Waals surface area contributed by atoms with Crippen LogP contribution in [0.4, 0.5) is 13.2 Å². The lowest BCUT2D eigenvalue weighted by Gasteiger charge is -2.13. The van der Waals surface area contributed by atoms with Gasteiger partial charge >= 0.3 is 12.1 Å². The van der Waals surface area contributed by atoms with Crippen molar-refractivity contribution in [2.45, 2.75) is 32.0 Å². The molecular weight excluding hydrogens is 305 g/mol. The van der Waals surface area contributed by atoms with Crippen molar-refractivity contribution in [1.29, 1.82) is 0 Å². The molecule has 0 aliphatic carbocycles. The molecule has 0 fully saturated rings. The van der Waals surface area contributed by atoms with E-state index in [1.807, 2.05) is 7.05 Å². The number of aryl methyl sites for hydroxylation is 1. The lowest BCUT2D eigenvalue weighted by molar-refractivity contribution is -0.166. The minimum Gasteiger partial charge on any atom is -0.481 e. The number of aliphatic carboxylic acids is 1. The van der Waals surface area contributed by atoms with Crippen molar-refractivity contribution in [2.24, 2.45) is 17.8 Å². The normalized spacial score (nSPS) is 12.6. The maximum absolute atomic E-state index is 10.9. The summed E-state index contributed by atoms with van der Waals surface area (Å²) < 4.78 is 34.4. The molecule has 0 bridgehead atoms. The second kappa shape index (κ2) is 7.78. The number of aromatic nitrogens is 2. The van der Waals surface area contributed by atoms with E-state index in [0.29, 0.717) is 5.84 Å². The van der Waals surface area contributed by atoms with Crippen molar-refractivity contribution >= 4 is 11.8 Å². The monoisotopic (exact) mass is 324 g/mol. The molecule has 0 aromatic carbocycles.